The van der Waals surface area contributed by atoms with Crippen LogP contribution in [0.5, 0.6) is 0 Å². The average Bonchev–Trinajstić information content (AvgIpc) is 2.77. The van der Waals surface area contributed by atoms with Gasteiger partial charge in [0.1, 0.15) is 5.15 Å². The van der Waals surface area contributed by atoms with E-state index in [4.69, 9.17) is 16.6 Å². The van der Waals surface area contributed by atoms with Gasteiger partial charge < -0.3 is 0 Å². The van der Waals surface area contributed by atoms with E-state index in [1.807, 2.05) is 6.07 Å². The summed E-state index contributed by atoms with van der Waals surface area (Å²) in [6.45, 7) is 9.03. The Morgan fingerprint density at radius 2 is 2.05 bits per heavy atom. The summed E-state index contributed by atoms with van der Waals surface area (Å²) in [5.41, 5.74) is 1.87. The molecule has 0 N–H and O–H groups in total. The van der Waals surface area contributed by atoms with Gasteiger partial charge in [0.25, 0.3) is 0 Å². The summed E-state index contributed by atoms with van der Waals surface area (Å²) >= 11 is 9.83. The molecule has 2 unspecified atom stereocenters. The van der Waals surface area contributed by atoms with Crippen LogP contribution in [0, 0.1) is 11.8 Å². The number of rotatable bonds is 5. The SMILES string of the molecule is CCC(C)C(CC(C)C)c1cc(Cl)n2ncc(Br)c2n1. The largest absolute Gasteiger partial charge is 0.232 e. The first-order chi connectivity index (χ1) is 9.43. The van der Waals surface area contributed by atoms with E-state index in [1.165, 1.54) is 0 Å². The first kappa shape index (κ1) is 15.8. The van der Waals surface area contributed by atoms with Gasteiger partial charge in [0.2, 0.25) is 0 Å². The Bertz CT molecular complexity index is 594. The third-order valence-corrected chi connectivity index (χ3v) is 4.67. The van der Waals surface area contributed by atoms with Gasteiger partial charge in [-0.05, 0) is 40.3 Å². The molecule has 0 aliphatic rings. The first-order valence-corrected chi connectivity index (χ1v) is 8.30. The minimum atomic E-state index is 0.435. The fourth-order valence-corrected chi connectivity index (χ4v) is 3.13. The van der Waals surface area contributed by atoms with Gasteiger partial charge in [-0.1, -0.05) is 45.7 Å². The molecule has 110 valence electrons. The van der Waals surface area contributed by atoms with E-state index < -0.39 is 0 Å². The molecule has 0 fully saturated rings. The third-order valence-electron chi connectivity index (χ3n) is 3.84. The highest BCUT2D eigenvalue weighted by Crippen LogP contribution is 2.34. The van der Waals surface area contributed by atoms with E-state index in [1.54, 1.807) is 10.7 Å². The Kier molecular flexibility index (Phi) is 5.08. The summed E-state index contributed by atoms with van der Waals surface area (Å²) < 4.78 is 2.55. The van der Waals surface area contributed by atoms with Crippen LogP contribution < -0.4 is 0 Å². The number of fused-ring (bicyclic) bond motifs is 1. The summed E-state index contributed by atoms with van der Waals surface area (Å²) in [7, 11) is 0. The summed E-state index contributed by atoms with van der Waals surface area (Å²) in [5, 5.41) is 4.84. The minimum Gasteiger partial charge on any atom is -0.232 e. The number of halogens is 2. The molecule has 0 bridgehead atoms. The molecule has 0 aromatic carbocycles. The molecule has 2 aromatic heterocycles. The summed E-state index contributed by atoms with van der Waals surface area (Å²) in [6.07, 6.45) is 4.00. The van der Waals surface area contributed by atoms with Gasteiger partial charge in [-0.15, -0.1) is 0 Å². The highest BCUT2D eigenvalue weighted by Gasteiger charge is 2.22. The van der Waals surface area contributed by atoms with Crippen molar-refractivity contribution in [1.29, 1.82) is 0 Å². The van der Waals surface area contributed by atoms with Crippen LogP contribution in [0.15, 0.2) is 16.7 Å². The summed E-state index contributed by atoms with van der Waals surface area (Å²) in [4.78, 5) is 4.79. The second kappa shape index (κ2) is 6.44. The predicted molar refractivity (Wildman–Crippen MR) is 87.3 cm³/mol. The van der Waals surface area contributed by atoms with Crippen LogP contribution in [0.4, 0.5) is 0 Å². The second-order valence-corrected chi connectivity index (χ2v) is 7.09. The molecule has 0 saturated heterocycles. The fraction of sp³-hybridized carbons (Fsp3) is 0.600. The van der Waals surface area contributed by atoms with Crippen molar-refractivity contribution in [2.45, 2.75) is 46.5 Å². The van der Waals surface area contributed by atoms with E-state index in [-0.39, 0.29) is 0 Å². The van der Waals surface area contributed by atoms with Gasteiger partial charge in [-0.25, -0.2) is 9.50 Å². The molecule has 3 nitrogen and oxygen atoms in total. The van der Waals surface area contributed by atoms with Gasteiger partial charge in [0.05, 0.1) is 10.7 Å². The van der Waals surface area contributed by atoms with Crippen molar-refractivity contribution in [1.82, 2.24) is 14.6 Å². The van der Waals surface area contributed by atoms with Crippen LogP contribution in [0.25, 0.3) is 5.65 Å². The predicted octanol–water partition coefficient (Wildman–Crippen LogP) is 5.32. The molecule has 2 aromatic rings. The van der Waals surface area contributed by atoms with Crippen LogP contribution >= 0.6 is 27.5 Å². The first-order valence-electron chi connectivity index (χ1n) is 7.13. The van der Waals surface area contributed by atoms with Crippen LogP contribution in [0.3, 0.4) is 0 Å². The number of aromatic nitrogens is 3. The maximum Gasteiger partial charge on any atom is 0.171 e. The lowest BCUT2D eigenvalue weighted by atomic mass is 9.82. The fourth-order valence-electron chi connectivity index (χ4n) is 2.54. The Labute approximate surface area is 133 Å². The smallest absolute Gasteiger partial charge is 0.171 e. The van der Waals surface area contributed by atoms with E-state index in [0.29, 0.717) is 22.9 Å². The van der Waals surface area contributed by atoms with Crippen molar-refractivity contribution in [3.05, 3.63) is 27.6 Å². The third kappa shape index (κ3) is 3.17. The quantitative estimate of drug-likeness (QED) is 0.677. The van der Waals surface area contributed by atoms with Gasteiger partial charge in [-0.2, -0.15) is 5.10 Å². The van der Waals surface area contributed by atoms with E-state index in [9.17, 15) is 0 Å². The maximum absolute atomic E-state index is 6.34. The lowest BCUT2D eigenvalue weighted by Gasteiger charge is -2.24. The lowest BCUT2D eigenvalue weighted by molar-refractivity contribution is 0.370. The molecule has 2 heterocycles. The van der Waals surface area contributed by atoms with Gasteiger partial charge in [0.15, 0.2) is 5.65 Å². The van der Waals surface area contributed by atoms with Crippen molar-refractivity contribution in [2.24, 2.45) is 11.8 Å². The van der Waals surface area contributed by atoms with Gasteiger partial charge in [-0.3, -0.25) is 0 Å². The second-order valence-electron chi connectivity index (χ2n) is 5.85. The van der Waals surface area contributed by atoms with Crippen molar-refractivity contribution in [3.63, 3.8) is 0 Å². The van der Waals surface area contributed by atoms with Crippen molar-refractivity contribution in [3.8, 4) is 0 Å². The molecule has 2 rings (SSSR count). The zero-order valence-corrected chi connectivity index (χ0v) is 14.7. The molecule has 0 saturated carbocycles. The zero-order valence-electron chi connectivity index (χ0n) is 12.4. The topological polar surface area (TPSA) is 30.2 Å². The molecule has 5 heteroatoms. The maximum atomic E-state index is 6.34. The van der Waals surface area contributed by atoms with Gasteiger partial charge >= 0.3 is 0 Å². The van der Waals surface area contributed by atoms with E-state index in [0.717, 1.165) is 28.7 Å². The Morgan fingerprint density at radius 1 is 1.35 bits per heavy atom. The van der Waals surface area contributed by atoms with E-state index in [2.05, 4.69) is 48.7 Å². The molecule has 0 aliphatic heterocycles. The molecule has 0 spiro atoms. The highest BCUT2D eigenvalue weighted by molar-refractivity contribution is 9.10. The van der Waals surface area contributed by atoms with Gasteiger partial charge in [0, 0.05) is 11.6 Å². The molecular weight excluding hydrogens is 338 g/mol. The zero-order chi connectivity index (χ0) is 14.9. The standard InChI is InChI=1S/C15H21BrClN3/c1-5-10(4)11(6-9(2)3)13-7-14(17)20-15(19-13)12(16)8-18-20/h7-11H,5-6H2,1-4H3. The minimum absolute atomic E-state index is 0.435. The monoisotopic (exact) mass is 357 g/mol. The van der Waals surface area contributed by atoms with Crippen LogP contribution in [0.2, 0.25) is 5.15 Å². The molecule has 20 heavy (non-hydrogen) atoms. The average molecular weight is 359 g/mol. The van der Waals surface area contributed by atoms with Crippen LogP contribution in [-0.4, -0.2) is 14.6 Å². The van der Waals surface area contributed by atoms with Crippen molar-refractivity contribution >= 4 is 33.2 Å². The molecular formula is C15H21BrClN3. The number of hydrogen-bond donors (Lipinski definition) is 0. The molecule has 0 amide bonds. The molecule has 2 atom stereocenters. The van der Waals surface area contributed by atoms with Crippen molar-refractivity contribution < 1.29 is 0 Å². The lowest BCUT2D eigenvalue weighted by Crippen LogP contribution is -2.14. The number of nitrogens with zero attached hydrogens (tertiary/aromatic N) is 3. The Morgan fingerprint density at radius 3 is 2.65 bits per heavy atom. The molecule has 0 radical (unpaired) electrons. The summed E-state index contributed by atoms with van der Waals surface area (Å²) in [6, 6.07) is 1.97. The highest BCUT2D eigenvalue weighted by atomic mass is 79.9. The van der Waals surface area contributed by atoms with Crippen LogP contribution in [-0.2, 0) is 0 Å². The Hall–Kier alpha value is -0.610. The normalized spacial score (nSPS) is 14.9. The van der Waals surface area contributed by atoms with Crippen LogP contribution in [0.1, 0.15) is 52.1 Å². The molecule has 0 aliphatic carbocycles. The van der Waals surface area contributed by atoms with Crippen molar-refractivity contribution in [2.75, 3.05) is 0 Å². The Balaban J connectivity index is 2.49. The number of hydrogen-bond acceptors (Lipinski definition) is 2. The summed E-state index contributed by atoms with van der Waals surface area (Å²) in [5.74, 6) is 1.66. The van der Waals surface area contributed by atoms with E-state index >= 15 is 0 Å².